The molecule has 5 aromatic rings. The smallest absolute Gasteiger partial charge is 0.276 e. The fraction of sp³-hybridized carbons (Fsp3) is 0. The molecule has 23 heavy (non-hydrogen) atoms. The fourth-order valence-electron chi connectivity index (χ4n) is 2.83. The molecule has 1 N–H and O–H groups in total. The Kier molecular flexibility index (Phi) is 2.46. The third-order valence-corrected chi connectivity index (χ3v) is 4.21. The van der Waals surface area contributed by atoms with Crippen molar-refractivity contribution in [1.82, 2.24) is 29.8 Å². The summed E-state index contributed by atoms with van der Waals surface area (Å²) in [5, 5.41) is 18.5. The van der Waals surface area contributed by atoms with Gasteiger partial charge in [-0.2, -0.15) is 0 Å². The van der Waals surface area contributed by atoms with E-state index in [4.69, 9.17) is 11.6 Å². The number of aromatic amines is 1. The van der Waals surface area contributed by atoms with Gasteiger partial charge in [0.05, 0.1) is 5.02 Å². The minimum Gasteiger partial charge on any atom is -0.339 e. The molecule has 0 spiro atoms. The largest absolute Gasteiger partial charge is 0.339 e. The molecule has 2 aromatic carbocycles. The van der Waals surface area contributed by atoms with Gasteiger partial charge in [0.1, 0.15) is 11.2 Å². The summed E-state index contributed by atoms with van der Waals surface area (Å²) in [4.78, 5) is 3.37. The van der Waals surface area contributed by atoms with Crippen molar-refractivity contribution in [3.63, 3.8) is 0 Å². The maximum atomic E-state index is 6.32. The zero-order valence-corrected chi connectivity index (χ0v) is 12.5. The summed E-state index contributed by atoms with van der Waals surface area (Å²) < 4.78 is 1.85. The number of nitrogens with zero attached hydrogens (tertiary/aromatic N) is 5. The van der Waals surface area contributed by atoms with Crippen molar-refractivity contribution < 1.29 is 0 Å². The molecule has 0 aliphatic rings. The summed E-state index contributed by atoms with van der Waals surface area (Å²) in [5.74, 6) is 1.07. The number of para-hydroxylation sites is 1. The van der Waals surface area contributed by atoms with Gasteiger partial charge in [-0.15, -0.1) is 20.4 Å². The number of hydrogen-bond acceptors (Lipinski definition) is 4. The molecule has 0 unspecified atom stereocenters. The first-order valence-corrected chi connectivity index (χ1v) is 7.44. The second-order valence-corrected chi connectivity index (χ2v) is 5.61. The summed E-state index contributed by atoms with van der Waals surface area (Å²) in [5.41, 5.74) is 3.37. The van der Waals surface area contributed by atoms with E-state index in [0.717, 1.165) is 27.6 Å². The molecule has 0 bridgehead atoms. The van der Waals surface area contributed by atoms with Crippen LogP contribution < -0.4 is 0 Å². The minimum atomic E-state index is 0.430. The third-order valence-electron chi connectivity index (χ3n) is 3.88. The van der Waals surface area contributed by atoms with Gasteiger partial charge >= 0.3 is 0 Å². The van der Waals surface area contributed by atoms with E-state index in [1.807, 2.05) is 52.9 Å². The summed E-state index contributed by atoms with van der Waals surface area (Å²) in [6, 6.07) is 15.5. The second kappa shape index (κ2) is 4.50. The zero-order chi connectivity index (χ0) is 15.4. The van der Waals surface area contributed by atoms with E-state index in [9.17, 15) is 0 Å². The van der Waals surface area contributed by atoms with Crippen molar-refractivity contribution in [3.05, 3.63) is 53.6 Å². The Bertz CT molecular complexity index is 1190. The highest BCUT2D eigenvalue weighted by Crippen LogP contribution is 2.29. The standard InChI is InChI=1S/C16H9ClN6/c17-11-7-3-1-5-9(11)14-20-22-16-21-19-13-10-6-2-4-8-12(10)18-15(13)23(14)16/h1-8,18H. The highest BCUT2D eigenvalue weighted by atomic mass is 35.5. The van der Waals surface area contributed by atoms with Crippen LogP contribution in [0.1, 0.15) is 0 Å². The van der Waals surface area contributed by atoms with E-state index in [1.54, 1.807) is 0 Å². The molecule has 110 valence electrons. The number of benzene rings is 2. The van der Waals surface area contributed by atoms with E-state index in [2.05, 4.69) is 25.4 Å². The molecule has 0 saturated carbocycles. The predicted molar refractivity (Wildman–Crippen MR) is 88.4 cm³/mol. The lowest BCUT2D eigenvalue weighted by atomic mass is 10.2. The fourth-order valence-corrected chi connectivity index (χ4v) is 3.05. The van der Waals surface area contributed by atoms with Gasteiger partial charge in [-0.05, 0) is 18.2 Å². The van der Waals surface area contributed by atoms with E-state index in [1.165, 1.54) is 0 Å². The van der Waals surface area contributed by atoms with Crippen LogP contribution in [0, 0.1) is 0 Å². The average Bonchev–Trinajstić information content (AvgIpc) is 3.16. The number of rotatable bonds is 1. The second-order valence-electron chi connectivity index (χ2n) is 5.21. The van der Waals surface area contributed by atoms with Gasteiger partial charge in [-0.25, -0.2) is 4.40 Å². The molecular formula is C16H9ClN6. The Labute approximate surface area is 134 Å². The van der Waals surface area contributed by atoms with Gasteiger partial charge in [0.2, 0.25) is 0 Å². The first-order valence-electron chi connectivity index (χ1n) is 7.06. The van der Waals surface area contributed by atoms with Gasteiger partial charge in [0.25, 0.3) is 5.78 Å². The molecule has 0 saturated heterocycles. The van der Waals surface area contributed by atoms with Crippen LogP contribution in [-0.2, 0) is 0 Å². The molecule has 6 nitrogen and oxygen atoms in total. The van der Waals surface area contributed by atoms with Gasteiger partial charge in [0, 0.05) is 16.5 Å². The lowest BCUT2D eigenvalue weighted by Gasteiger charge is -2.02. The van der Waals surface area contributed by atoms with Gasteiger partial charge in [-0.3, -0.25) is 0 Å². The predicted octanol–water partition coefficient (Wildman–Crippen LogP) is 3.47. The first kappa shape index (κ1) is 12.5. The van der Waals surface area contributed by atoms with Crippen LogP contribution in [0.15, 0.2) is 48.5 Å². The number of halogens is 1. The van der Waals surface area contributed by atoms with Crippen molar-refractivity contribution >= 4 is 39.4 Å². The molecule has 3 heterocycles. The van der Waals surface area contributed by atoms with Crippen molar-refractivity contribution in [2.75, 3.05) is 0 Å². The topological polar surface area (TPSA) is 71.8 Å². The normalized spacial score (nSPS) is 11.7. The Balaban J connectivity index is 1.97. The van der Waals surface area contributed by atoms with Crippen LogP contribution in [0.4, 0.5) is 0 Å². The van der Waals surface area contributed by atoms with Crippen molar-refractivity contribution in [2.24, 2.45) is 0 Å². The number of aromatic nitrogens is 6. The monoisotopic (exact) mass is 320 g/mol. The highest BCUT2D eigenvalue weighted by molar-refractivity contribution is 6.33. The minimum absolute atomic E-state index is 0.430. The molecule has 7 heteroatoms. The van der Waals surface area contributed by atoms with Crippen molar-refractivity contribution in [3.8, 4) is 11.4 Å². The van der Waals surface area contributed by atoms with Crippen LogP contribution >= 0.6 is 11.6 Å². The number of fused-ring (bicyclic) bond motifs is 5. The maximum absolute atomic E-state index is 6.32. The molecule has 0 amide bonds. The molecule has 0 radical (unpaired) electrons. The molecule has 3 aromatic heterocycles. The molecule has 0 aliphatic heterocycles. The average molecular weight is 321 g/mol. The number of nitrogens with one attached hydrogen (secondary N) is 1. The third kappa shape index (κ3) is 1.69. The SMILES string of the molecule is Clc1ccccc1-c1nnc2nnc3c4ccccc4[nH]c3n12. The summed E-state index contributed by atoms with van der Waals surface area (Å²) in [6.07, 6.45) is 0. The lowest BCUT2D eigenvalue weighted by molar-refractivity contribution is 1.01. The first-order chi connectivity index (χ1) is 11.3. The molecule has 5 rings (SSSR count). The van der Waals surface area contributed by atoms with Crippen LogP contribution in [0.2, 0.25) is 5.02 Å². The quantitative estimate of drug-likeness (QED) is 0.513. The molecular weight excluding hydrogens is 312 g/mol. The van der Waals surface area contributed by atoms with Crippen molar-refractivity contribution in [1.29, 1.82) is 0 Å². The Morgan fingerprint density at radius 2 is 1.65 bits per heavy atom. The van der Waals surface area contributed by atoms with E-state index in [0.29, 0.717) is 16.6 Å². The van der Waals surface area contributed by atoms with E-state index in [-0.39, 0.29) is 0 Å². The Hall–Kier alpha value is -2.99. The van der Waals surface area contributed by atoms with Crippen LogP contribution in [0.3, 0.4) is 0 Å². The van der Waals surface area contributed by atoms with E-state index < -0.39 is 0 Å². The Morgan fingerprint density at radius 3 is 2.57 bits per heavy atom. The Morgan fingerprint density at radius 1 is 0.870 bits per heavy atom. The molecule has 0 fully saturated rings. The highest BCUT2D eigenvalue weighted by Gasteiger charge is 2.17. The number of hydrogen-bond donors (Lipinski definition) is 1. The van der Waals surface area contributed by atoms with Gasteiger partial charge in [-0.1, -0.05) is 41.9 Å². The van der Waals surface area contributed by atoms with Crippen LogP contribution in [0.5, 0.6) is 0 Å². The van der Waals surface area contributed by atoms with Crippen LogP contribution in [0.25, 0.3) is 39.2 Å². The van der Waals surface area contributed by atoms with Crippen molar-refractivity contribution in [2.45, 2.75) is 0 Å². The molecule has 0 aliphatic carbocycles. The zero-order valence-electron chi connectivity index (χ0n) is 11.7. The summed E-state index contributed by atoms with van der Waals surface area (Å²) >= 11 is 6.32. The van der Waals surface area contributed by atoms with Gasteiger partial charge < -0.3 is 4.98 Å². The lowest BCUT2D eigenvalue weighted by Crippen LogP contribution is -1.96. The molecule has 0 atom stereocenters. The summed E-state index contributed by atoms with van der Waals surface area (Å²) in [6.45, 7) is 0. The van der Waals surface area contributed by atoms with E-state index >= 15 is 0 Å². The van der Waals surface area contributed by atoms with Gasteiger partial charge in [0.15, 0.2) is 5.82 Å². The summed E-state index contributed by atoms with van der Waals surface area (Å²) in [7, 11) is 0. The van der Waals surface area contributed by atoms with Crippen LogP contribution in [-0.4, -0.2) is 29.8 Å². The maximum Gasteiger partial charge on any atom is 0.276 e. The number of H-pyrrole nitrogens is 1.